The van der Waals surface area contributed by atoms with Crippen molar-refractivity contribution in [3.8, 4) is 6.07 Å². The predicted octanol–water partition coefficient (Wildman–Crippen LogP) is 6.65. The number of allylic oxidation sites excluding steroid dienone is 1. The molecular weight excluding hydrogens is 425 g/mol. The minimum Gasteiger partial charge on any atom is -0.342 e. The van der Waals surface area contributed by atoms with Gasteiger partial charge < -0.3 is 9.55 Å². The predicted molar refractivity (Wildman–Crippen MR) is 122 cm³/mol. The Morgan fingerprint density at radius 2 is 1.82 bits per heavy atom. The number of aromatic amines is 1. The normalized spacial score (nSPS) is 12.4. The summed E-state index contributed by atoms with van der Waals surface area (Å²) >= 11 is 0. The molecule has 0 spiro atoms. The van der Waals surface area contributed by atoms with E-state index in [0.717, 1.165) is 33.6 Å². The Labute approximate surface area is 187 Å². The Morgan fingerprint density at radius 3 is 2.61 bits per heavy atom. The molecule has 0 aliphatic rings. The number of para-hydroxylation sites is 3. The molecule has 7 heteroatoms. The number of aromatic nitrogens is 3. The van der Waals surface area contributed by atoms with Crippen LogP contribution in [0, 0.1) is 11.3 Å². The van der Waals surface area contributed by atoms with Gasteiger partial charge in [-0.1, -0.05) is 42.5 Å². The highest BCUT2D eigenvalue weighted by atomic mass is 19.4. The number of hydrogen-bond donors (Lipinski definition) is 1. The molecule has 0 aliphatic carbocycles. The Bertz CT molecular complexity index is 1510. The third-order valence-electron chi connectivity index (χ3n) is 5.49. The number of fused-ring (bicyclic) bond motifs is 2. The molecule has 1 N–H and O–H groups in total. The smallest absolute Gasteiger partial charge is 0.342 e. The number of hydrogen-bond acceptors (Lipinski definition) is 2. The number of alkyl halides is 3. The largest absolute Gasteiger partial charge is 0.416 e. The average Bonchev–Trinajstić information content (AvgIpc) is 3.39. The third kappa shape index (κ3) is 3.99. The Morgan fingerprint density at radius 1 is 1.03 bits per heavy atom. The lowest BCUT2D eigenvalue weighted by Crippen LogP contribution is -2.06. The van der Waals surface area contributed by atoms with Crippen LogP contribution in [0.3, 0.4) is 0 Å². The second-order valence-corrected chi connectivity index (χ2v) is 7.70. The monoisotopic (exact) mass is 442 g/mol. The fourth-order valence-electron chi connectivity index (χ4n) is 3.95. The van der Waals surface area contributed by atoms with E-state index in [2.05, 4.69) is 16.0 Å². The molecule has 0 atom stereocenters. The summed E-state index contributed by atoms with van der Waals surface area (Å²) in [7, 11) is 0. The number of imidazole rings is 1. The van der Waals surface area contributed by atoms with E-state index in [1.54, 1.807) is 12.1 Å². The van der Waals surface area contributed by atoms with Crippen LogP contribution < -0.4 is 0 Å². The van der Waals surface area contributed by atoms with Crippen LogP contribution in [0.1, 0.15) is 22.5 Å². The van der Waals surface area contributed by atoms with Crippen LogP contribution in [0.4, 0.5) is 13.2 Å². The van der Waals surface area contributed by atoms with Crippen LogP contribution in [0.2, 0.25) is 0 Å². The van der Waals surface area contributed by atoms with Gasteiger partial charge in [0.1, 0.15) is 11.9 Å². The first-order valence-electron chi connectivity index (χ1n) is 10.2. The molecule has 2 heterocycles. The van der Waals surface area contributed by atoms with Gasteiger partial charge in [-0.2, -0.15) is 18.4 Å². The molecule has 5 aromatic rings. The van der Waals surface area contributed by atoms with E-state index >= 15 is 0 Å². The van der Waals surface area contributed by atoms with Crippen LogP contribution in [0.5, 0.6) is 0 Å². The quantitative estimate of drug-likeness (QED) is 0.317. The highest BCUT2D eigenvalue weighted by Gasteiger charge is 2.30. The molecule has 0 radical (unpaired) electrons. The van der Waals surface area contributed by atoms with Crippen molar-refractivity contribution < 1.29 is 13.2 Å². The zero-order valence-electron chi connectivity index (χ0n) is 17.3. The third-order valence-corrected chi connectivity index (χ3v) is 5.49. The molecule has 0 amide bonds. The van der Waals surface area contributed by atoms with Gasteiger partial charge in [0, 0.05) is 29.2 Å². The van der Waals surface area contributed by atoms with Gasteiger partial charge in [0.2, 0.25) is 0 Å². The molecule has 0 saturated heterocycles. The SMILES string of the molecule is N#C/C(=C\c1cn(Cc2cccc(C(F)(F)F)c2)c2ccccc12)c1nc2ccccc2[nH]1. The number of nitriles is 1. The summed E-state index contributed by atoms with van der Waals surface area (Å²) in [6.07, 6.45) is -0.787. The molecule has 33 heavy (non-hydrogen) atoms. The highest BCUT2D eigenvalue weighted by Crippen LogP contribution is 2.31. The molecule has 3 aromatic carbocycles. The average molecular weight is 442 g/mol. The summed E-state index contributed by atoms with van der Waals surface area (Å²) in [5, 5.41) is 10.7. The maximum Gasteiger partial charge on any atom is 0.416 e. The van der Waals surface area contributed by atoms with E-state index in [4.69, 9.17) is 0 Å². The lowest BCUT2D eigenvalue weighted by atomic mass is 10.1. The van der Waals surface area contributed by atoms with E-state index < -0.39 is 11.7 Å². The molecule has 0 fully saturated rings. The van der Waals surface area contributed by atoms with Crippen molar-refractivity contribution in [1.29, 1.82) is 5.26 Å². The van der Waals surface area contributed by atoms with E-state index in [9.17, 15) is 18.4 Å². The summed E-state index contributed by atoms with van der Waals surface area (Å²) < 4.78 is 41.3. The molecule has 5 rings (SSSR count). The second kappa shape index (κ2) is 7.99. The van der Waals surface area contributed by atoms with Crippen molar-refractivity contribution >= 4 is 33.6 Å². The highest BCUT2D eigenvalue weighted by molar-refractivity contribution is 5.98. The fraction of sp³-hybridized carbons (Fsp3) is 0.0769. The van der Waals surface area contributed by atoms with Crippen molar-refractivity contribution in [3.63, 3.8) is 0 Å². The van der Waals surface area contributed by atoms with Crippen LogP contribution >= 0.6 is 0 Å². The topological polar surface area (TPSA) is 57.4 Å². The first kappa shape index (κ1) is 20.6. The zero-order chi connectivity index (χ0) is 23.0. The molecule has 2 aromatic heterocycles. The fourth-order valence-corrected chi connectivity index (χ4v) is 3.95. The lowest BCUT2D eigenvalue weighted by Gasteiger charge is -2.10. The molecule has 0 bridgehead atoms. The number of halogens is 3. The van der Waals surface area contributed by atoms with Gasteiger partial charge in [0.15, 0.2) is 0 Å². The summed E-state index contributed by atoms with van der Waals surface area (Å²) in [4.78, 5) is 7.67. The zero-order valence-corrected chi connectivity index (χ0v) is 17.3. The Balaban J connectivity index is 1.57. The maximum atomic E-state index is 13.1. The van der Waals surface area contributed by atoms with Gasteiger partial charge >= 0.3 is 6.18 Å². The number of benzene rings is 3. The number of nitrogens with one attached hydrogen (secondary N) is 1. The van der Waals surface area contributed by atoms with Gasteiger partial charge in [-0.15, -0.1) is 0 Å². The van der Waals surface area contributed by atoms with Gasteiger partial charge in [0.25, 0.3) is 0 Å². The minimum absolute atomic E-state index is 0.269. The lowest BCUT2D eigenvalue weighted by molar-refractivity contribution is -0.137. The van der Waals surface area contributed by atoms with Gasteiger partial charge in [-0.3, -0.25) is 0 Å². The van der Waals surface area contributed by atoms with E-state index in [-0.39, 0.29) is 6.54 Å². The summed E-state index contributed by atoms with van der Waals surface area (Å²) in [5.41, 5.74) is 3.49. The van der Waals surface area contributed by atoms with E-state index in [1.807, 2.05) is 59.3 Å². The molecule has 0 aliphatic heterocycles. The second-order valence-electron chi connectivity index (χ2n) is 7.70. The van der Waals surface area contributed by atoms with Crippen LogP contribution in [-0.4, -0.2) is 14.5 Å². The van der Waals surface area contributed by atoms with Gasteiger partial charge in [0.05, 0.1) is 22.2 Å². The van der Waals surface area contributed by atoms with Crippen molar-refractivity contribution in [1.82, 2.24) is 14.5 Å². The molecular formula is C26H17F3N4. The first-order valence-corrected chi connectivity index (χ1v) is 10.2. The Kier molecular flexibility index (Phi) is 4.98. The summed E-state index contributed by atoms with van der Waals surface area (Å²) in [6, 6.07) is 22.7. The number of nitrogens with zero attached hydrogens (tertiary/aromatic N) is 3. The number of rotatable bonds is 4. The Hall–Kier alpha value is -4.31. The molecule has 0 unspecified atom stereocenters. The van der Waals surface area contributed by atoms with Gasteiger partial charge in [-0.05, 0) is 42.0 Å². The van der Waals surface area contributed by atoms with Crippen molar-refractivity contribution in [2.75, 3.05) is 0 Å². The molecule has 162 valence electrons. The first-order chi connectivity index (χ1) is 15.9. The van der Waals surface area contributed by atoms with Crippen LogP contribution in [0.25, 0.3) is 33.6 Å². The van der Waals surface area contributed by atoms with Gasteiger partial charge in [-0.25, -0.2) is 4.98 Å². The summed E-state index contributed by atoms with van der Waals surface area (Å²) in [6.45, 7) is 0.269. The minimum atomic E-state index is -4.39. The molecule has 4 nitrogen and oxygen atoms in total. The van der Waals surface area contributed by atoms with Crippen molar-refractivity contribution in [3.05, 3.63) is 102 Å². The summed E-state index contributed by atoms with van der Waals surface area (Å²) in [5.74, 6) is 0.466. The van der Waals surface area contributed by atoms with Crippen LogP contribution in [0.15, 0.2) is 79.0 Å². The van der Waals surface area contributed by atoms with Crippen LogP contribution in [-0.2, 0) is 12.7 Å². The number of H-pyrrole nitrogens is 1. The van der Waals surface area contributed by atoms with E-state index in [0.29, 0.717) is 17.0 Å². The van der Waals surface area contributed by atoms with E-state index in [1.165, 1.54) is 12.1 Å². The molecule has 0 saturated carbocycles. The standard InChI is InChI=1S/C26H17F3N4/c27-26(28,29)20-7-5-6-17(12-20)15-33-16-19(21-8-1-4-11-24(21)33)13-18(14-30)25-31-22-9-2-3-10-23(22)32-25/h1-13,16H,15H2,(H,31,32)/b18-13+. The van der Waals surface area contributed by atoms with Crippen molar-refractivity contribution in [2.45, 2.75) is 12.7 Å². The van der Waals surface area contributed by atoms with Crippen molar-refractivity contribution in [2.24, 2.45) is 0 Å². The maximum absolute atomic E-state index is 13.1.